The number of ether oxygens (including phenoxy) is 5. The van der Waals surface area contributed by atoms with Gasteiger partial charge in [0.2, 0.25) is 0 Å². The topological polar surface area (TPSA) is 194 Å². The second kappa shape index (κ2) is 10.6. The molecule has 0 saturated carbocycles. The van der Waals surface area contributed by atoms with Crippen LogP contribution < -0.4 is 10.7 Å². The number of carboxylic acids is 1. The lowest BCUT2D eigenvalue weighted by atomic mass is 9.88. The van der Waals surface area contributed by atoms with E-state index >= 15 is 0 Å². The van der Waals surface area contributed by atoms with Crippen LogP contribution in [-0.2, 0) is 42.9 Å². The Bertz CT molecular complexity index is 1260. The van der Waals surface area contributed by atoms with Gasteiger partial charge < -0.3 is 28.8 Å². The zero-order valence-corrected chi connectivity index (χ0v) is 19.6. The average molecular weight is 506 g/mol. The zero-order valence-electron chi connectivity index (χ0n) is 19.6. The summed E-state index contributed by atoms with van der Waals surface area (Å²) in [6.45, 7) is 3.78. The first-order chi connectivity index (χ1) is 16.9. The number of rotatable bonds is 7. The van der Waals surface area contributed by atoms with E-state index < -0.39 is 73.0 Å². The van der Waals surface area contributed by atoms with Gasteiger partial charge >= 0.3 is 35.9 Å². The zero-order chi connectivity index (χ0) is 26.7. The third-order valence-corrected chi connectivity index (χ3v) is 5.13. The lowest BCUT2D eigenvalue weighted by molar-refractivity contribution is -0.254. The van der Waals surface area contributed by atoms with Crippen molar-refractivity contribution in [1.82, 2.24) is 0 Å². The second-order valence-corrected chi connectivity index (χ2v) is 7.83. The number of urea groups is 1. The lowest BCUT2D eigenvalue weighted by Gasteiger charge is -2.44. The van der Waals surface area contributed by atoms with Crippen LogP contribution in [0.2, 0.25) is 0 Å². The Balaban J connectivity index is 2.27. The van der Waals surface area contributed by atoms with Crippen LogP contribution in [0.1, 0.15) is 49.7 Å². The van der Waals surface area contributed by atoms with Crippen molar-refractivity contribution >= 4 is 35.9 Å². The lowest BCUT2D eigenvalue weighted by Crippen LogP contribution is -2.60. The van der Waals surface area contributed by atoms with E-state index in [2.05, 4.69) is 9.98 Å². The summed E-state index contributed by atoms with van der Waals surface area (Å²) in [6.07, 6.45) is -7.37. The fraction of sp³-hybridized carbons (Fsp3) is 0.455. The summed E-state index contributed by atoms with van der Waals surface area (Å²) in [7, 11) is 0. The van der Waals surface area contributed by atoms with E-state index in [1.807, 2.05) is 0 Å². The number of carbonyl (C=O) groups excluding carboxylic acids is 5. The minimum atomic E-state index is -1.57. The SMILES string of the molecule is CC(=O)OCC1OC(c2c(C(=O)O)ccc3c2=NC(=O)N=3)C(OC(C)=O)C(OC(C)=O)C1OC(C)=O. The maximum absolute atomic E-state index is 12.1. The number of hydrogen-bond donors (Lipinski definition) is 1. The highest BCUT2D eigenvalue weighted by atomic mass is 16.7. The van der Waals surface area contributed by atoms with E-state index in [1.165, 1.54) is 6.07 Å². The predicted octanol–water partition coefficient (Wildman–Crippen LogP) is -0.444. The van der Waals surface area contributed by atoms with Gasteiger partial charge in [-0.05, 0) is 12.1 Å². The van der Waals surface area contributed by atoms with Gasteiger partial charge in [0, 0.05) is 33.3 Å². The van der Waals surface area contributed by atoms with Crippen LogP contribution in [0.4, 0.5) is 4.79 Å². The maximum atomic E-state index is 12.1. The predicted molar refractivity (Wildman–Crippen MR) is 112 cm³/mol. The Morgan fingerprint density at radius 1 is 0.861 bits per heavy atom. The molecular formula is C22H22N2O12. The molecule has 1 N–H and O–H groups in total. The number of hydrogen-bond acceptors (Lipinski definition) is 11. The number of esters is 4. The van der Waals surface area contributed by atoms with Crippen LogP contribution in [0.5, 0.6) is 0 Å². The summed E-state index contributed by atoms with van der Waals surface area (Å²) in [4.78, 5) is 78.9. The van der Waals surface area contributed by atoms with Crippen molar-refractivity contribution in [3.8, 4) is 0 Å². The molecule has 1 fully saturated rings. The molecule has 0 radical (unpaired) electrons. The van der Waals surface area contributed by atoms with Crippen LogP contribution in [-0.4, -0.2) is 72.0 Å². The molecule has 1 aromatic rings. The van der Waals surface area contributed by atoms with Gasteiger partial charge in [0.15, 0.2) is 18.3 Å². The monoisotopic (exact) mass is 506 g/mol. The second-order valence-electron chi connectivity index (χ2n) is 7.83. The van der Waals surface area contributed by atoms with Gasteiger partial charge in [-0.25, -0.2) is 9.59 Å². The van der Waals surface area contributed by atoms with E-state index in [4.69, 9.17) is 23.7 Å². The molecule has 5 atom stereocenters. The van der Waals surface area contributed by atoms with Gasteiger partial charge in [-0.15, -0.1) is 0 Å². The molecule has 1 saturated heterocycles. The number of fused-ring (bicyclic) bond motifs is 1. The Morgan fingerprint density at radius 2 is 1.44 bits per heavy atom. The van der Waals surface area contributed by atoms with Crippen molar-refractivity contribution < 1.29 is 57.6 Å². The van der Waals surface area contributed by atoms with Crippen molar-refractivity contribution in [3.63, 3.8) is 0 Å². The number of carboxylic acid groups (broad SMARTS) is 1. The Labute approximate surface area is 202 Å². The van der Waals surface area contributed by atoms with E-state index in [0.29, 0.717) is 0 Å². The Hall–Kier alpha value is -4.20. The molecule has 5 unspecified atom stereocenters. The normalized spacial score (nSPS) is 24.4. The summed E-state index contributed by atoms with van der Waals surface area (Å²) in [5.74, 6) is -4.69. The van der Waals surface area contributed by atoms with Gasteiger partial charge in [0.1, 0.15) is 24.2 Å². The van der Waals surface area contributed by atoms with E-state index in [-0.39, 0.29) is 21.8 Å². The molecule has 0 bridgehead atoms. The van der Waals surface area contributed by atoms with Crippen LogP contribution >= 0.6 is 0 Å². The standard InChI is InChI=1S/C22H22N2O12/c1-8(25)32-7-14-17(33-9(2)26)19(34-10(3)27)20(35-11(4)28)18(36-14)15-12(21(29)30)5-6-13-16(15)24-22(31)23-13/h5-6,14,17-20H,7H2,1-4H3,(H,29,30). The van der Waals surface area contributed by atoms with E-state index in [1.54, 1.807) is 0 Å². The Kier molecular flexibility index (Phi) is 7.77. The number of aromatic carboxylic acids is 1. The third kappa shape index (κ3) is 5.71. The number of amides is 2. The molecule has 14 nitrogen and oxygen atoms in total. The first-order valence-corrected chi connectivity index (χ1v) is 10.6. The van der Waals surface area contributed by atoms with Crippen LogP contribution in [0.25, 0.3) is 0 Å². The van der Waals surface area contributed by atoms with Gasteiger partial charge in [0.25, 0.3) is 0 Å². The summed E-state index contributed by atoms with van der Waals surface area (Å²) in [6, 6.07) is 1.52. The highest BCUT2D eigenvalue weighted by molar-refractivity contribution is 5.90. The molecule has 0 aromatic heterocycles. The smallest absolute Gasteiger partial charge is 0.368 e. The summed E-state index contributed by atoms with van der Waals surface area (Å²) >= 11 is 0. The average Bonchev–Trinajstić information content (AvgIpc) is 3.13. The molecule has 1 aromatic carbocycles. The van der Waals surface area contributed by atoms with Crippen LogP contribution in [0.3, 0.4) is 0 Å². The van der Waals surface area contributed by atoms with E-state index in [0.717, 1.165) is 33.8 Å². The fourth-order valence-corrected chi connectivity index (χ4v) is 3.96. The summed E-state index contributed by atoms with van der Waals surface area (Å²) < 4.78 is 27.1. The van der Waals surface area contributed by atoms with E-state index in [9.17, 15) is 33.9 Å². The minimum absolute atomic E-state index is 0.0351. The maximum Gasteiger partial charge on any atom is 0.368 e. The highest BCUT2D eigenvalue weighted by Gasteiger charge is 2.53. The molecule has 2 heterocycles. The molecule has 2 aliphatic rings. The number of nitrogens with zero attached hydrogens (tertiary/aromatic N) is 2. The first-order valence-electron chi connectivity index (χ1n) is 10.6. The van der Waals surface area contributed by atoms with Gasteiger partial charge in [0.05, 0.1) is 10.9 Å². The molecule has 14 heteroatoms. The molecule has 0 aliphatic carbocycles. The van der Waals surface area contributed by atoms with Crippen molar-refractivity contribution in [2.24, 2.45) is 9.98 Å². The first kappa shape index (κ1) is 26.4. The summed E-state index contributed by atoms with van der Waals surface area (Å²) in [5.41, 5.74) is -0.574. The number of benzene rings is 1. The summed E-state index contributed by atoms with van der Waals surface area (Å²) in [5, 5.41) is 9.72. The molecule has 36 heavy (non-hydrogen) atoms. The molecule has 192 valence electrons. The van der Waals surface area contributed by atoms with Crippen molar-refractivity contribution in [1.29, 1.82) is 0 Å². The molecule has 2 amide bonds. The van der Waals surface area contributed by atoms with Gasteiger partial charge in [-0.1, -0.05) is 0 Å². The molecule has 0 spiro atoms. The molecule has 3 rings (SSSR count). The molecule has 2 aliphatic heterocycles. The number of carbonyl (C=O) groups is 6. The largest absolute Gasteiger partial charge is 0.478 e. The van der Waals surface area contributed by atoms with Gasteiger partial charge in [-0.3, -0.25) is 19.2 Å². The van der Waals surface area contributed by atoms with Crippen LogP contribution in [0.15, 0.2) is 22.1 Å². The van der Waals surface area contributed by atoms with Gasteiger partial charge in [-0.2, -0.15) is 9.98 Å². The third-order valence-electron chi connectivity index (χ3n) is 5.13. The Morgan fingerprint density at radius 3 is 2.00 bits per heavy atom. The van der Waals surface area contributed by atoms with Crippen molar-refractivity contribution in [2.75, 3.05) is 6.61 Å². The minimum Gasteiger partial charge on any atom is -0.478 e. The quantitative estimate of drug-likeness (QED) is 0.370. The van der Waals surface area contributed by atoms with Crippen LogP contribution in [0, 0.1) is 0 Å². The van der Waals surface area contributed by atoms with Crippen molar-refractivity contribution in [2.45, 2.75) is 58.2 Å². The highest BCUT2D eigenvalue weighted by Crippen LogP contribution is 2.37. The van der Waals surface area contributed by atoms with Crippen molar-refractivity contribution in [3.05, 3.63) is 34.0 Å². The fourth-order valence-electron chi connectivity index (χ4n) is 3.96. The molecular weight excluding hydrogens is 484 g/mol.